The Morgan fingerprint density at radius 2 is 2.00 bits per heavy atom. The van der Waals surface area contributed by atoms with E-state index in [0.29, 0.717) is 17.2 Å². The maximum atomic E-state index is 12.6. The van der Waals surface area contributed by atoms with Gasteiger partial charge in [0.2, 0.25) is 5.91 Å². The second-order valence-corrected chi connectivity index (χ2v) is 4.13. The molecule has 1 aromatic rings. The lowest BCUT2D eigenvalue weighted by molar-refractivity contribution is -0.122. The first-order chi connectivity index (χ1) is 8.85. The Bertz CT molecular complexity index is 434. The minimum Gasteiger partial charge on any atom is -0.352 e. The Labute approximate surface area is 107 Å². The average molecular weight is 281 g/mol. The fraction of sp³-hybridized carbons (Fsp3) is 0.636. The van der Waals surface area contributed by atoms with Crippen LogP contribution < -0.4 is 5.32 Å². The Hall–Kier alpha value is -1.60. The van der Waals surface area contributed by atoms with Crippen molar-refractivity contribution in [1.29, 1.82) is 0 Å². The molecule has 0 fully saturated rings. The molecule has 0 aromatic carbocycles. The first kappa shape index (κ1) is 15.5. The molecule has 0 aliphatic heterocycles. The highest BCUT2D eigenvalue weighted by molar-refractivity contribution is 5.76. The molecule has 0 saturated heterocycles. The summed E-state index contributed by atoms with van der Waals surface area (Å²) in [6, 6.07) is 0.499. The molecule has 1 aromatic heterocycles. The summed E-state index contributed by atoms with van der Waals surface area (Å²) in [5, 5.41) is 5.88. The number of nitrogens with one attached hydrogen (secondary N) is 1. The number of halogens is 4. The smallest absolute Gasteiger partial charge is 0.282 e. The predicted molar refractivity (Wildman–Crippen MR) is 60.0 cm³/mol. The van der Waals surface area contributed by atoms with E-state index in [1.54, 1.807) is 6.92 Å². The number of hydrogen-bond donors (Lipinski definition) is 1. The van der Waals surface area contributed by atoms with E-state index in [9.17, 15) is 22.4 Å². The molecular weight excluding hydrogens is 266 g/mol. The molecule has 1 rings (SSSR count). The quantitative estimate of drug-likeness (QED) is 0.815. The van der Waals surface area contributed by atoms with Crippen LogP contribution in [-0.4, -0.2) is 21.7 Å². The molecule has 1 unspecified atom stereocenters. The number of carbonyl (C=O) groups excluding carboxylic acids is 1. The van der Waals surface area contributed by atoms with Gasteiger partial charge in [-0.1, -0.05) is 6.92 Å². The minimum atomic E-state index is -2.96. The normalized spacial score (nSPS) is 13.1. The van der Waals surface area contributed by atoms with E-state index in [-0.39, 0.29) is 6.04 Å². The molecule has 0 radical (unpaired) electrons. The molecule has 108 valence electrons. The van der Waals surface area contributed by atoms with E-state index >= 15 is 0 Å². The van der Waals surface area contributed by atoms with E-state index in [1.807, 2.05) is 6.92 Å². The molecular formula is C11H15F4N3O. The Balaban J connectivity index is 2.84. The molecule has 0 aliphatic rings. The third-order valence-corrected chi connectivity index (χ3v) is 2.59. The standard InChI is InChI=1S/C11H15F4N3O/c1-3-6(2)16-9(19)5-18-8(11(14)15)4-7(17-18)10(12)13/h4,6,10-11H,3,5H2,1-2H3,(H,16,19). The highest BCUT2D eigenvalue weighted by Gasteiger charge is 2.22. The van der Waals surface area contributed by atoms with Gasteiger partial charge in [-0.3, -0.25) is 9.48 Å². The van der Waals surface area contributed by atoms with Gasteiger partial charge in [0.05, 0.1) is 0 Å². The molecule has 1 heterocycles. The summed E-state index contributed by atoms with van der Waals surface area (Å²) in [6.07, 6.45) is -5.23. The number of hydrogen-bond acceptors (Lipinski definition) is 2. The van der Waals surface area contributed by atoms with Gasteiger partial charge in [-0.05, 0) is 19.4 Å². The first-order valence-electron chi connectivity index (χ1n) is 5.78. The van der Waals surface area contributed by atoms with E-state index in [2.05, 4.69) is 10.4 Å². The zero-order valence-electron chi connectivity index (χ0n) is 10.5. The molecule has 1 amide bonds. The van der Waals surface area contributed by atoms with Crippen molar-refractivity contribution in [3.63, 3.8) is 0 Å². The highest BCUT2D eigenvalue weighted by Crippen LogP contribution is 2.24. The van der Waals surface area contributed by atoms with Crippen molar-refractivity contribution in [2.45, 2.75) is 45.7 Å². The van der Waals surface area contributed by atoms with Crippen molar-refractivity contribution >= 4 is 5.91 Å². The third-order valence-electron chi connectivity index (χ3n) is 2.59. The SMILES string of the molecule is CCC(C)NC(=O)Cn1nc(C(F)F)cc1C(F)F. The van der Waals surface area contributed by atoms with E-state index in [4.69, 9.17) is 0 Å². The van der Waals surface area contributed by atoms with Gasteiger partial charge in [0.1, 0.15) is 17.9 Å². The van der Waals surface area contributed by atoms with Crippen LogP contribution in [0.5, 0.6) is 0 Å². The van der Waals surface area contributed by atoms with E-state index < -0.39 is 36.7 Å². The third kappa shape index (κ3) is 4.22. The molecule has 1 atom stereocenters. The summed E-state index contributed by atoms with van der Waals surface area (Å²) in [6.45, 7) is 3.09. The van der Waals surface area contributed by atoms with Crippen molar-refractivity contribution in [1.82, 2.24) is 15.1 Å². The predicted octanol–water partition coefficient (Wildman–Crippen LogP) is 2.67. The molecule has 4 nitrogen and oxygen atoms in total. The summed E-state index contributed by atoms with van der Waals surface area (Å²) in [5.74, 6) is -0.542. The van der Waals surface area contributed by atoms with E-state index in [1.165, 1.54) is 0 Å². The number of carbonyl (C=O) groups is 1. The maximum absolute atomic E-state index is 12.6. The van der Waals surface area contributed by atoms with Crippen LogP contribution in [0.2, 0.25) is 0 Å². The number of aromatic nitrogens is 2. The van der Waals surface area contributed by atoms with Crippen LogP contribution >= 0.6 is 0 Å². The molecule has 8 heteroatoms. The Morgan fingerprint density at radius 1 is 1.37 bits per heavy atom. The van der Waals surface area contributed by atoms with Gasteiger partial charge in [-0.15, -0.1) is 0 Å². The zero-order valence-corrected chi connectivity index (χ0v) is 10.5. The van der Waals surface area contributed by atoms with Gasteiger partial charge in [-0.2, -0.15) is 5.10 Å². The first-order valence-corrected chi connectivity index (χ1v) is 5.78. The van der Waals surface area contributed by atoms with Crippen LogP contribution in [0.1, 0.15) is 44.5 Å². The number of alkyl halides is 4. The number of nitrogens with zero attached hydrogens (tertiary/aromatic N) is 2. The lowest BCUT2D eigenvalue weighted by Gasteiger charge is -2.12. The average Bonchev–Trinajstić information content (AvgIpc) is 2.72. The van der Waals surface area contributed by atoms with Crippen LogP contribution in [0, 0.1) is 0 Å². The summed E-state index contributed by atoms with van der Waals surface area (Å²) in [4.78, 5) is 11.5. The van der Waals surface area contributed by atoms with Gasteiger partial charge < -0.3 is 5.32 Å². The molecule has 0 spiro atoms. The summed E-state index contributed by atoms with van der Waals surface area (Å²) in [5.41, 5.74) is -1.44. The van der Waals surface area contributed by atoms with E-state index in [0.717, 1.165) is 0 Å². The molecule has 0 bridgehead atoms. The fourth-order valence-corrected chi connectivity index (χ4v) is 1.42. The van der Waals surface area contributed by atoms with Crippen molar-refractivity contribution in [3.8, 4) is 0 Å². The molecule has 0 aliphatic carbocycles. The van der Waals surface area contributed by atoms with Crippen LogP contribution in [0.15, 0.2) is 6.07 Å². The summed E-state index contributed by atoms with van der Waals surface area (Å²) in [7, 11) is 0. The van der Waals surface area contributed by atoms with Crippen molar-refractivity contribution in [2.75, 3.05) is 0 Å². The van der Waals surface area contributed by atoms with Crippen LogP contribution in [0.25, 0.3) is 0 Å². The second-order valence-electron chi connectivity index (χ2n) is 4.13. The topological polar surface area (TPSA) is 46.9 Å². The molecule has 19 heavy (non-hydrogen) atoms. The lowest BCUT2D eigenvalue weighted by atomic mass is 10.2. The Morgan fingerprint density at radius 3 is 2.47 bits per heavy atom. The van der Waals surface area contributed by atoms with Gasteiger partial charge in [0.15, 0.2) is 0 Å². The van der Waals surface area contributed by atoms with Gasteiger partial charge >= 0.3 is 0 Å². The number of rotatable bonds is 6. The van der Waals surface area contributed by atoms with Crippen molar-refractivity contribution < 1.29 is 22.4 Å². The van der Waals surface area contributed by atoms with Crippen LogP contribution in [0.4, 0.5) is 17.6 Å². The lowest BCUT2D eigenvalue weighted by Crippen LogP contribution is -2.35. The number of amides is 1. The zero-order chi connectivity index (χ0) is 14.6. The fourth-order valence-electron chi connectivity index (χ4n) is 1.42. The summed E-state index contributed by atoms with van der Waals surface area (Å²) >= 11 is 0. The largest absolute Gasteiger partial charge is 0.352 e. The van der Waals surface area contributed by atoms with Gasteiger partial charge in [0.25, 0.3) is 12.9 Å². The van der Waals surface area contributed by atoms with Gasteiger partial charge in [0, 0.05) is 6.04 Å². The summed E-state index contributed by atoms with van der Waals surface area (Å²) < 4.78 is 50.7. The maximum Gasteiger partial charge on any atom is 0.282 e. The Kier molecular flexibility index (Phi) is 5.31. The minimum absolute atomic E-state index is 0.118. The van der Waals surface area contributed by atoms with Crippen molar-refractivity contribution in [2.24, 2.45) is 0 Å². The molecule has 0 saturated carbocycles. The van der Waals surface area contributed by atoms with Gasteiger partial charge in [-0.25, -0.2) is 17.6 Å². The highest BCUT2D eigenvalue weighted by atomic mass is 19.3. The second kappa shape index (κ2) is 6.53. The molecule has 1 N–H and O–H groups in total. The van der Waals surface area contributed by atoms with Crippen LogP contribution in [0.3, 0.4) is 0 Å². The monoisotopic (exact) mass is 281 g/mol. The van der Waals surface area contributed by atoms with Crippen molar-refractivity contribution in [3.05, 3.63) is 17.5 Å². The van der Waals surface area contributed by atoms with Crippen LogP contribution in [-0.2, 0) is 11.3 Å².